The lowest BCUT2D eigenvalue weighted by Gasteiger charge is -2.15. The summed E-state index contributed by atoms with van der Waals surface area (Å²) in [6.07, 6.45) is 7.27. The van der Waals surface area contributed by atoms with E-state index in [1.54, 1.807) is 6.26 Å². The molecule has 1 aromatic heterocycles. The van der Waals surface area contributed by atoms with Crippen LogP contribution in [0.15, 0.2) is 16.7 Å². The highest BCUT2D eigenvalue weighted by molar-refractivity contribution is 5.20. The number of furan rings is 1. The second kappa shape index (κ2) is 4.18. The predicted molar refractivity (Wildman–Crippen MR) is 57.2 cm³/mol. The van der Waals surface area contributed by atoms with Crippen molar-refractivity contribution in [1.82, 2.24) is 5.32 Å². The van der Waals surface area contributed by atoms with E-state index in [4.69, 9.17) is 4.42 Å². The third-order valence-electron chi connectivity index (χ3n) is 3.18. The van der Waals surface area contributed by atoms with Crippen molar-refractivity contribution in [2.75, 3.05) is 7.05 Å². The molecule has 1 saturated carbocycles. The molecule has 0 amide bonds. The summed E-state index contributed by atoms with van der Waals surface area (Å²) in [4.78, 5) is 0. The molecule has 2 heteroatoms. The fourth-order valence-electron chi connectivity index (χ4n) is 2.02. The van der Waals surface area contributed by atoms with E-state index in [9.17, 15) is 0 Å². The van der Waals surface area contributed by atoms with Crippen LogP contribution in [0.5, 0.6) is 0 Å². The van der Waals surface area contributed by atoms with Crippen molar-refractivity contribution in [2.45, 2.75) is 38.6 Å². The Morgan fingerprint density at radius 1 is 1.57 bits per heavy atom. The molecule has 0 aromatic carbocycles. The second-order valence-electron chi connectivity index (χ2n) is 4.29. The molecule has 14 heavy (non-hydrogen) atoms. The first-order valence-corrected chi connectivity index (χ1v) is 5.52. The minimum Gasteiger partial charge on any atom is -0.469 e. The zero-order chi connectivity index (χ0) is 9.97. The minimum atomic E-state index is 0.481. The van der Waals surface area contributed by atoms with E-state index in [0.29, 0.717) is 6.04 Å². The van der Waals surface area contributed by atoms with Crippen molar-refractivity contribution in [3.05, 3.63) is 23.7 Å². The number of hydrogen-bond acceptors (Lipinski definition) is 2. The fraction of sp³-hybridized carbons (Fsp3) is 0.667. The lowest BCUT2D eigenvalue weighted by molar-refractivity contribution is 0.481. The predicted octanol–water partition coefficient (Wildman–Crippen LogP) is 3.04. The summed E-state index contributed by atoms with van der Waals surface area (Å²) in [5.41, 5.74) is 1.33. The van der Waals surface area contributed by atoms with Gasteiger partial charge >= 0.3 is 0 Å². The quantitative estimate of drug-likeness (QED) is 0.777. The summed E-state index contributed by atoms with van der Waals surface area (Å²) in [6, 6.07) is 2.57. The highest BCUT2D eigenvalue weighted by atomic mass is 16.3. The van der Waals surface area contributed by atoms with Gasteiger partial charge in [-0.15, -0.1) is 0 Å². The molecule has 0 spiro atoms. The molecule has 2 rings (SSSR count). The molecule has 0 bridgehead atoms. The molecule has 0 aliphatic heterocycles. The number of nitrogens with one attached hydrogen (secondary N) is 1. The summed E-state index contributed by atoms with van der Waals surface area (Å²) in [5, 5.41) is 3.37. The molecule has 1 unspecified atom stereocenters. The highest BCUT2D eigenvalue weighted by Crippen LogP contribution is 2.36. The maximum absolute atomic E-state index is 5.33. The van der Waals surface area contributed by atoms with Gasteiger partial charge in [-0.05, 0) is 38.8 Å². The Labute approximate surface area is 85.7 Å². The van der Waals surface area contributed by atoms with E-state index < -0.39 is 0 Å². The summed E-state index contributed by atoms with van der Waals surface area (Å²) in [5.74, 6) is 2.07. The largest absolute Gasteiger partial charge is 0.469 e. The average molecular weight is 193 g/mol. The van der Waals surface area contributed by atoms with E-state index in [2.05, 4.69) is 11.4 Å². The molecule has 1 atom stereocenters. The lowest BCUT2D eigenvalue weighted by Crippen LogP contribution is -2.16. The van der Waals surface area contributed by atoms with Crippen molar-refractivity contribution in [1.29, 1.82) is 0 Å². The standard InChI is InChI=1S/C12H19NO/c1-9-11(7-8-14-9)12(13-2)6-5-10-3-4-10/h7-8,10,12-13H,3-6H2,1-2H3. The Morgan fingerprint density at radius 3 is 2.86 bits per heavy atom. The number of hydrogen-bond donors (Lipinski definition) is 1. The Balaban J connectivity index is 1.93. The van der Waals surface area contributed by atoms with Crippen molar-refractivity contribution in [2.24, 2.45) is 5.92 Å². The van der Waals surface area contributed by atoms with Gasteiger partial charge in [0.25, 0.3) is 0 Å². The third-order valence-corrected chi connectivity index (χ3v) is 3.18. The van der Waals surface area contributed by atoms with E-state index in [-0.39, 0.29) is 0 Å². The van der Waals surface area contributed by atoms with Crippen LogP contribution < -0.4 is 5.32 Å². The van der Waals surface area contributed by atoms with Crippen LogP contribution in [-0.2, 0) is 0 Å². The van der Waals surface area contributed by atoms with Gasteiger partial charge in [-0.2, -0.15) is 0 Å². The van der Waals surface area contributed by atoms with Gasteiger partial charge in [0.2, 0.25) is 0 Å². The molecular weight excluding hydrogens is 174 g/mol. The molecule has 1 aromatic rings. The van der Waals surface area contributed by atoms with E-state index in [0.717, 1.165) is 11.7 Å². The zero-order valence-corrected chi connectivity index (χ0v) is 9.05. The normalized spacial score (nSPS) is 18.4. The molecular formula is C12H19NO. The van der Waals surface area contributed by atoms with Gasteiger partial charge in [-0.1, -0.05) is 12.8 Å². The van der Waals surface area contributed by atoms with Crippen LogP contribution in [0.1, 0.15) is 43.0 Å². The summed E-state index contributed by atoms with van der Waals surface area (Å²) >= 11 is 0. The number of rotatable bonds is 5. The molecule has 1 heterocycles. The fourth-order valence-corrected chi connectivity index (χ4v) is 2.02. The van der Waals surface area contributed by atoms with Crippen LogP contribution in [0, 0.1) is 12.8 Å². The molecule has 0 saturated heterocycles. The van der Waals surface area contributed by atoms with Gasteiger partial charge < -0.3 is 9.73 Å². The van der Waals surface area contributed by atoms with Crippen LogP contribution in [0.2, 0.25) is 0 Å². The van der Waals surface area contributed by atoms with Gasteiger partial charge in [0, 0.05) is 11.6 Å². The SMILES string of the molecule is CNC(CCC1CC1)c1ccoc1C. The second-order valence-corrected chi connectivity index (χ2v) is 4.29. The average Bonchev–Trinajstić information content (AvgIpc) is 2.92. The summed E-state index contributed by atoms with van der Waals surface area (Å²) in [7, 11) is 2.03. The van der Waals surface area contributed by atoms with Crippen molar-refractivity contribution < 1.29 is 4.42 Å². The van der Waals surface area contributed by atoms with Crippen molar-refractivity contribution in [3.63, 3.8) is 0 Å². The Kier molecular flexibility index (Phi) is 2.92. The minimum absolute atomic E-state index is 0.481. The summed E-state index contributed by atoms with van der Waals surface area (Å²) in [6.45, 7) is 2.04. The van der Waals surface area contributed by atoms with E-state index in [1.807, 2.05) is 14.0 Å². The van der Waals surface area contributed by atoms with Crippen molar-refractivity contribution >= 4 is 0 Å². The molecule has 1 N–H and O–H groups in total. The molecule has 1 aliphatic rings. The Morgan fingerprint density at radius 2 is 2.36 bits per heavy atom. The van der Waals surface area contributed by atoms with Crippen LogP contribution in [0.25, 0.3) is 0 Å². The van der Waals surface area contributed by atoms with Gasteiger partial charge in [0.05, 0.1) is 6.26 Å². The Hall–Kier alpha value is -0.760. The van der Waals surface area contributed by atoms with Gasteiger partial charge in [-0.25, -0.2) is 0 Å². The van der Waals surface area contributed by atoms with Gasteiger partial charge in [-0.3, -0.25) is 0 Å². The van der Waals surface area contributed by atoms with E-state index >= 15 is 0 Å². The zero-order valence-electron chi connectivity index (χ0n) is 9.05. The van der Waals surface area contributed by atoms with Crippen LogP contribution in [-0.4, -0.2) is 7.05 Å². The number of aryl methyl sites for hydroxylation is 1. The van der Waals surface area contributed by atoms with Crippen LogP contribution in [0.3, 0.4) is 0 Å². The molecule has 2 nitrogen and oxygen atoms in total. The first kappa shape index (κ1) is 9.78. The lowest BCUT2D eigenvalue weighted by atomic mass is 10.0. The summed E-state index contributed by atoms with van der Waals surface area (Å²) < 4.78 is 5.33. The van der Waals surface area contributed by atoms with E-state index in [1.165, 1.54) is 31.2 Å². The van der Waals surface area contributed by atoms with Crippen molar-refractivity contribution in [3.8, 4) is 0 Å². The van der Waals surface area contributed by atoms with Gasteiger partial charge in [0.15, 0.2) is 0 Å². The van der Waals surface area contributed by atoms with Crippen LogP contribution in [0.4, 0.5) is 0 Å². The molecule has 1 aliphatic carbocycles. The topological polar surface area (TPSA) is 25.2 Å². The Bertz CT molecular complexity index is 288. The monoisotopic (exact) mass is 193 g/mol. The molecule has 78 valence electrons. The first-order valence-electron chi connectivity index (χ1n) is 5.52. The van der Waals surface area contributed by atoms with Gasteiger partial charge in [0.1, 0.15) is 5.76 Å². The first-order chi connectivity index (χ1) is 6.81. The smallest absolute Gasteiger partial charge is 0.105 e. The molecule has 1 fully saturated rings. The van der Waals surface area contributed by atoms with Crippen LogP contribution >= 0.6 is 0 Å². The maximum Gasteiger partial charge on any atom is 0.105 e. The maximum atomic E-state index is 5.33. The highest BCUT2D eigenvalue weighted by Gasteiger charge is 2.23. The molecule has 0 radical (unpaired) electrons. The third kappa shape index (κ3) is 2.18.